The van der Waals surface area contributed by atoms with Crippen LogP contribution < -0.4 is 16.0 Å². The van der Waals surface area contributed by atoms with Gasteiger partial charge in [-0.3, -0.25) is 9.69 Å². The molecule has 8 nitrogen and oxygen atoms in total. The summed E-state index contributed by atoms with van der Waals surface area (Å²) in [5.74, 6) is -1.49. The number of anilines is 2. The molecule has 2 aromatic rings. The smallest absolute Gasteiger partial charge is 0.377 e. The highest BCUT2D eigenvalue weighted by atomic mass is 19.4. The first-order valence-corrected chi connectivity index (χ1v) is 11.5. The predicted octanol–water partition coefficient (Wildman–Crippen LogP) is 2.91. The van der Waals surface area contributed by atoms with E-state index in [-0.39, 0.29) is 57.3 Å². The van der Waals surface area contributed by atoms with Crippen molar-refractivity contribution in [3.63, 3.8) is 0 Å². The van der Waals surface area contributed by atoms with Crippen LogP contribution in [0.5, 0.6) is 0 Å². The second-order valence-corrected chi connectivity index (χ2v) is 9.01. The van der Waals surface area contributed by atoms with E-state index in [1.165, 1.54) is 12.1 Å². The number of nitrogens with two attached hydrogens (primary N) is 1. The number of amides is 1. The molecule has 0 unspecified atom stereocenters. The maximum Gasteiger partial charge on any atom is 0.416 e. The van der Waals surface area contributed by atoms with E-state index in [1.807, 2.05) is 0 Å². The van der Waals surface area contributed by atoms with Gasteiger partial charge in [-0.1, -0.05) is 12.1 Å². The first-order chi connectivity index (χ1) is 17.1. The molecule has 1 amide bonds. The van der Waals surface area contributed by atoms with Crippen molar-refractivity contribution in [2.75, 3.05) is 56.2 Å². The SMILES string of the molecule is NC(=O)CN1CCC(F)(CNc2ncnc(N3CCOC[C@@H]3c3ccc(C(F)(F)F)cc3)c2F)CC1. The van der Waals surface area contributed by atoms with Gasteiger partial charge in [0, 0.05) is 19.6 Å². The van der Waals surface area contributed by atoms with Crippen molar-refractivity contribution in [1.82, 2.24) is 14.9 Å². The number of hydrogen-bond donors (Lipinski definition) is 2. The number of carbonyl (C=O) groups is 1. The minimum absolute atomic E-state index is 0.0510. The molecule has 1 atom stereocenters. The third kappa shape index (κ3) is 6.01. The average Bonchev–Trinajstić information content (AvgIpc) is 2.84. The van der Waals surface area contributed by atoms with Crippen LogP contribution in [0.25, 0.3) is 0 Å². The van der Waals surface area contributed by atoms with E-state index in [0.717, 1.165) is 18.5 Å². The summed E-state index contributed by atoms with van der Waals surface area (Å²) in [7, 11) is 0. The Morgan fingerprint density at radius 1 is 1.17 bits per heavy atom. The van der Waals surface area contributed by atoms with Gasteiger partial charge in [0.2, 0.25) is 11.7 Å². The number of benzene rings is 1. The Morgan fingerprint density at radius 3 is 2.50 bits per heavy atom. The van der Waals surface area contributed by atoms with Crippen LogP contribution in [0.4, 0.5) is 33.6 Å². The molecule has 2 aliphatic rings. The van der Waals surface area contributed by atoms with Gasteiger partial charge in [0.25, 0.3) is 0 Å². The van der Waals surface area contributed by atoms with Gasteiger partial charge in [0.15, 0.2) is 11.6 Å². The number of aromatic nitrogens is 2. The molecule has 36 heavy (non-hydrogen) atoms. The lowest BCUT2D eigenvalue weighted by Crippen LogP contribution is -2.47. The number of piperidine rings is 1. The van der Waals surface area contributed by atoms with Gasteiger partial charge in [-0.05, 0) is 30.5 Å². The van der Waals surface area contributed by atoms with Crippen LogP contribution in [-0.4, -0.2) is 72.4 Å². The van der Waals surface area contributed by atoms with Crippen LogP contribution in [0, 0.1) is 5.82 Å². The summed E-state index contributed by atoms with van der Waals surface area (Å²) in [6, 6.07) is 4.05. The molecule has 3 heterocycles. The number of hydrogen-bond acceptors (Lipinski definition) is 7. The van der Waals surface area contributed by atoms with Crippen LogP contribution >= 0.6 is 0 Å². The third-order valence-electron chi connectivity index (χ3n) is 6.50. The van der Waals surface area contributed by atoms with Crippen molar-refractivity contribution < 1.29 is 31.5 Å². The molecule has 4 rings (SSSR count). The van der Waals surface area contributed by atoms with Crippen molar-refractivity contribution >= 4 is 17.5 Å². The number of likely N-dealkylation sites (tertiary alicyclic amines) is 1. The first-order valence-electron chi connectivity index (χ1n) is 11.5. The molecule has 2 saturated heterocycles. The summed E-state index contributed by atoms with van der Waals surface area (Å²) in [5, 5.41) is 2.74. The van der Waals surface area contributed by atoms with Crippen LogP contribution in [0.1, 0.15) is 30.0 Å². The van der Waals surface area contributed by atoms with Crippen LogP contribution in [0.15, 0.2) is 30.6 Å². The Kier molecular flexibility index (Phi) is 7.59. The van der Waals surface area contributed by atoms with E-state index < -0.39 is 35.2 Å². The van der Waals surface area contributed by atoms with E-state index in [1.54, 1.807) is 9.80 Å². The molecule has 0 saturated carbocycles. The molecule has 3 N–H and O–H groups in total. The predicted molar refractivity (Wildman–Crippen MR) is 122 cm³/mol. The highest BCUT2D eigenvalue weighted by molar-refractivity contribution is 5.75. The van der Waals surface area contributed by atoms with Crippen molar-refractivity contribution in [3.05, 3.63) is 47.5 Å². The zero-order valence-corrected chi connectivity index (χ0v) is 19.4. The highest BCUT2D eigenvalue weighted by Crippen LogP contribution is 2.35. The third-order valence-corrected chi connectivity index (χ3v) is 6.50. The fourth-order valence-electron chi connectivity index (χ4n) is 4.46. The normalized spacial score (nSPS) is 20.8. The molecular formula is C23H27F5N6O2. The number of rotatable bonds is 7. The summed E-state index contributed by atoms with van der Waals surface area (Å²) in [6.45, 7) is 1.24. The summed E-state index contributed by atoms with van der Waals surface area (Å²) >= 11 is 0. The van der Waals surface area contributed by atoms with Crippen molar-refractivity contribution in [3.8, 4) is 0 Å². The molecule has 1 aromatic carbocycles. The highest BCUT2D eigenvalue weighted by Gasteiger charge is 2.36. The largest absolute Gasteiger partial charge is 0.416 e. The maximum absolute atomic E-state index is 15.5. The van der Waals surface area contributed by atoms with Gasteiger partial charge >= 0.3 is 6.18 Å². The quantitative estimate of drug-likeness (QED) is 0.549. The number of ether oxygens (including phenoxy) is 1. The lowest BCUT2D eigenvalue weighted by Gasteiger charge is -2.37. The molecule has 2 fully saturated rings. The van der Waals surface area contributed by atoms with E-state index in [9.17, 15) is 18.0 Å². The maximum atomic E-state index is 15.5. The molecular weight excluding hydrogens is 487 g/mol. The van der Waals surface area contributed by atoms with Crippen molar-refractivity contribution in [2.45, 2.75) is 30.7 Å². The zero-order valence-electron chi connectivity index (χ0n) is 19.4. The molecule has 0 radical (unpaired) electrons. The number of primary amides is 1. The molecule has 0 bridgehead atoms. The second-order valence-electron chi connectivity index (χ2n) is 9.01. The fraction of sp³-hybridized carbons (Fsp3) is 0.522. The van der Waals surface area contributed by atoms with Gasteiger partial charge in [-0.25, -0.2) is 14.4 Å². The second kappa shape index (κ2) is 10.5. The number of morpholine rings is 1. The van der Waals surface area contributed by atoms with Crippen LogP contribution in [-0.2, 0) is 15.7 Å². The summed E-state index contributed by atoms with van der Waals surface area (Å²) in [4.78, 5) is 22.4. The minimum Gasteiger partial charge on any atom is -0.377 e. The molecule has 0 spiro atoms. The van der Waals surface area contributed by atoms with Gasteiger partial charge in [-0.2, -0.15) is 17.6 Å². The van der Waals surface area contributed by atoms with E-state index in [0.29, 0.717) is 18.7 Å². The van der Waals surface area contributed by atoms with Crippen LogP contribution in [0.2, 0.25) is 0 Å². The molecule has 2 aliphatic heterocycles. The Hall–Kier alpha value is -3.06. The average molecular weight is 514 g/mol. The van der Waals surface area contributed by atoms with Gasteiger partial charge in [-0.15, -0.1) is 0 Å². The monoisotopic (exact) mass is 514 g/mol. The number of alkyl halides is 4. The van der Waals surface area contributed by atoms with E-state index in [2.05, 4.69) is 15.3 Å². The van der Waals surface area contributed by atoms with E-state index >= 15 is 8.78 Å². The molecule has 13 heteroatoms. The van der Waals surface area contributed by atoms with E-state index in [4.69, 9.17) is 10.5 Å². The summed E-state index contributed by atoms with van der Waals surface area (Å²) in [5.41, 5.74) is 3.30. The van der Waals surface area contributed by atoms with Gasteiger partial charge in [0.05, 0.1) is 37.9 Å². The summed E-state index contributed by atoms with van der Waals surface area (Å²) in [6.07, 6.45) is -3.02. The Morgan fingerprint density at radius 2 is 1.86 bits per heavy atom. The zero-order chi connectivity index (χ0) is 25.9. The summed E-state index contributed by atoms with van der Waals surface area (Å²) < 4.78 is 75.1. The lowest BCUT2D eigenvalue weighted by atomic mass is 9.93. The Labute approximate surface area is 204 Å². The molecule has 196 valence electrons. The lowest BCUT2D eigenvalue weighted by molar-refractivity contribution is -0.137. The molecule has 0 aliphatic carbocycles. The van der Waals surface area contributed by atoms with Gasteiger partial charge in [0.1, 0.15) is 12.0 Å². The minimum atomic E-state index is -4.47. The number of nitrogens with zero attached hydrogens (tertiary/aromatic N) is 4. The van der Waals surface area contributed by atoms with Crippen LogP contribution in [0.3, 0.4) is 0 Å². The van der Waals surface area contributed by atoms with Crippen molar-refractivity contribution in [1.29, 1.82) is 0 Å². The van der Waals surface area contributed by atoms with Crippen molar-refractivity contribution in [2.24, 2.45) is 5.73 Å². The topological polar surface area (TPSA) is 96.6 Å². The Bertz CT molecular complexity index is 1060. The number of carbonyl (C=O) groups excluding carboxylic acids is 1. The molecule has 1 aromatic heterocycles. The standard InChI is InChI=1S/C23H27F5N6O2/c24-19-20(30-13-22(25)5-7-33(8-6-22)11-18(29)35)31-14-32-21(19)34-9-10-36-12-17(34)15-1-3-16(4-2-15)23(26,27)28/h1-4,14,17H,5-13H2,(H2,29,35)(H,30,31,32)/t17-/m1/s1. The number of nitrogens with one attached hydrogen (secondary N) is 1. The Balaban J connectivity index is 1.47. The fourth-order valence-corrected chi connectivity index (χ4v) is 4.46. The first kappa shape index (κ1) is 26.0. The number of halogens is 5. The van der Waals surface area contributed by atoms with Gasteiger partial charge < -0.3 is 20.7 Å².